The molecule has 0 radical (unpaired) electrons. The lowest BCUT2D eigenvalue weighted by Gasteiger charge is -2.40. The first-order valence-corrected chi connectivity index (χ1v) is 8.73. The molecule has 2 heterocycles. The summed E-state index contributed by atoms with van der Waals surface area (Å²) < 4.78 is 5.08. The number of ketones is 1. The van der Waals surface area contributed by atoms with E-state index in [1.54, 1.807) is 0 Å². The fraction of sp³-hybridized carbons (Fsp3) is 0.400. The number of carbonyl (C=O) groups is 2. The molecule has 5 nitrogen and oxygen atoms in total. The van der Waals surface area contributed by atoms with Crippen LogP contribution in [0, 0.1) is 11.8 Å². The van der Waals surface area contributed by atoms with Gasteiger partial charge in [0.2, 0.25) is 0 Å². The second-order valence-corrected chi connectivity index (χ2v) is 6.86. The van der Waals surface area contributed by atoms with Crippen molar-refractivity contribution in [1.29, 1.82) is 0 Å². The van der Waals surface area contributed by atoms with Gasteiger partial charge in [0.15, 0.2) is 5.78 Å². The molecule has 1 aromatic carbocycles. The number of esters is 1. The van der Waals surface area contributed by atoms with Crippen molar-refractivity contribution in [2.45, 2.75) is 25.8 Å². The maximum absolute atomic E-state index is 13.0. The third-order valence-electron chi connectivity index (χ3n) is 5.68. The van der Waals surface area contributed by atoms with Gasteiger partial charge in [-0.05, 0) is 25.0 Å². The number of allylic oxidation sites excluding steroid dienone is 1. The van der Waals surface area contributed by atoms with Gasteiger partial charge in [-0.15, -0.1) is 0 Å². The zero-order valence-corrected chi connectivity index (χ0v) is 14.5. The summed E-state index contributed by atoms with van der Waals surface area (Å²) in [5.74, 6) is -0.603. The zero-order chi connectivity index (χ0) is 17.6. The summed E-state index contributed by atoms with van der Waals surface area (Å²) in [6, 6.07) is 7.92. The number of fused-ring (bicyclic) bond motifs is 5. The molecule has 2 bridgehead atoms. The van der Waals surface area contributed by atoms with Crippen molar-refractivity contribution >= 4 is 22.7 Å². The molecule has 0 saturated carbocycles. The van der Waals surface area contributed by atoms with Gasteiger partial charge in [-0.25, -0.2) is 0 Å². The number of rotatable bonds is 1. The van der Waals surface area contributed by atoms with Crippen LogP contribution in [0.15, 0.2) is 35.9 Å². The van der Waals surface area contributed by atoms with E-state index in [-0.39, 0.29) is 29.6 Å². The molecule has 1 aliphatic heterocycles. The van der Waals surface area contributed by atoms with Crippen LogP contribution in [-0.2, 0) is 16.0 Å². The van der Waals surface area contributed by atoms with Crippen LogP contribution in [0.5, 0.6) is 0 Å². The molecule has 1 aromatic heterocycles. The highest BCUT2D eigenvalue weighted by Crippen LogP contribution is 2.38. The Balaban J connectivity index is 1.87. The number of hydrogen-bond acceptors (Lipinski definition) is 4. The normalized spacial score (nSPS) is 27.7. The van der Waals surface area contributed by atoms with E-state index in [1.807, 2.05) is 37.3 Å². The lowest BCUT2D eigenvalue weighted by atomic mass is 9.71. The van der Waals surface area contributed by atoms with E-state index < -0.39 is 0 Å². The van der Waals surface area contributed by atoms with E-state index in [2.05, 4.69) is 10.3 Å². The van der Waals surface area contributed by atoms with Gasteiger partial charge in [0, 0.05) is 35.8 Å². The SMILES string of the molecule is CC=C1CN[C@H]2Cc3c([nH]c4ccccc34)C(=O)C[C@H]1C2C(=O)OC. The third kappa shape index (κ3) is 2.50. The largest absolute Gasteiger partial charge is 0.469 e. The van der Waals surface area contributed by atoms with E-state index in [0.29, 0.717) is 25.1 Å². The summed E-state index contributed by atoms with van der Waals surface area (Å²) in [7, 11) is 1.42. The Kier molecular flexibility index (Phi) is 3.96. The first kappa shape index (κ1) is 16.1. The highest BCUT2D eigenvalue weighted by Gasteiger charge is 2.44. The Morgan fingerprint density at radius 1 is 1.28 bits per heavy atom. The van der Waals surface area contributed by atoms with Crippen LogP contribution in [0.3, 0.4) is 0 Å². The first-order valence-electron chi connectivity index (χ1n) is 8.73. The Hall–Kier alpha value is -2.40. The fourth-order valence-corrected chi connectivity index (χ4v) is 4.43. The van der Waals surface area contributed by atoms with Crippen LogP contribution < -0.4 is 5.32 Å². The van der Waals surface area contributed by atoms with Crippen molar-refractivity contribution in [3.05, 3.63) is 47.2 Å². The van der Waals surface area contributed by atoms with Gasteiger partial charge in [-0.1, -0.05) is 29.8 Å². The van der Waals surface area contributed by atoms with E-state index in [1.165, 1.54) is 7.11 Å². The van der Waals surface area contributed by atoms with Crippen molar-refractivity contribution in [1.82, 2.24) is 10.3 Å². The highest BCUT2D eigenvalue weighted by atomic mass is 16.5. The van der Waals surface area contributed by atoms with Crippen molar-refractivity contribution in [2.24, 2.45) is 11.8 Å². The van der Waals surface area contributed by atoms with Crippen LogP contribution in [0.1, 0.15) is 29.4 Å². The number of Topliss-reactive ketones (excluding diaryl/α,β-unsaturated/α-hetero) is 1. The molecule has 5 heteroatoms. The average Bonchev–Trinajstić information content (AvgIpc) is 2.99. The number of benzene rings is 1. The molecule has 1 aliphatic carbocycles. The average molecular weight is 338 g/mol. The number of H-pyrrole nitrogens is 1. The molecule has 1 fully saturated rings. The lowest BCUT2D eigenvalue weighted by Crippen LogP contribution is -2.53. The quantitative estimate of drug-likeness (QED) is 0.619. The number of methoxy groups -OCH3 is 1. The van der Waals surface area contributed by atoms with Gasteiger partial charge in [0.05, 0.1) is 18.7 Å². The summed E-state index contributed by atoms with van der Waals surface area (Å²) in [5.41, 5.74) is 3.78. The molecule has 25 heavy (non-hydrogen) atoms. The maximum atomic E-state index is 13.0. The molecular weight excluding hydrogens is 316 g/mol. The van der Waals surface area contributed by atoms with E-state index in [4.69, 9.17) is 4.74 Å². The molecule has 3 atom stereocenters. The summed E-state index contributed by atoms with van der Waals surface area (Å²) >= 11 is 0. The number of aromatic nitrogens is 1. The molecule has 2 aromatic rings. The van der Waals surface area contributed by atoms with Gasteiger partial charge < -0.3 is 15.0 Å². The molecule has 1 unspecified atom stereocenters. The Labute approximate surface area is 146 Å². The van der Waals surface area contributed by atoms with Crippen LogP contribution in [-0.4, -0.2) is 36.4 Å². The number of aromatic amines is 1. The fourth-order valence-electron chi connectivity index (χ4n) is 4.43. The molecule has 0 spiro atoms. The van der Waals surface area contributed by atoms with E-state index >= 15 is 0 Å². The summed E-state index contributed by atoms with van der Waals surface area (Å²) in [4.78, 5) is 28.8. The van der Waals surface area contributed by atoms with Crippen LogP contribution in [0.2, 0.25) is 0 Å². The van der Waals surface area contributed by atoms with Crippen LogP contribution in [0.25, 0.3) is 10.9 Å². The number of nitrogens with one attached hydrogen (secondary N) is 2. The minimum absolute atomic E-state index is 0.0350. The van der Waals surface area contributed by atoms with Crippen molar-refractivity contribution in [3.63, 3.8) is 0 Å². The zero-order valence-electron chi connectivity index (χ0n) is 14.5. The third-order valence-corrected chi connectivity index (χ3v) is 5.68. The lowest BCUT2D eigenvalue weighted by molar-refractivity contribution is -0.148. The van der Waals surface area contributed by atoms with Crippen molar-refractivity contribution in [3.8, 4) is 0 Å². The van der Waals surface area contributed by atoms with Crippen molar-refractivity contribution < 1.29 is 14.3 Å². The standard InChI is InChI=1S/C20H22N2O3/c1-3-11-10-21-16-8-14-12-6-4-5-7-15(12)22-19(14)17(23)9-13(11)18(16)20(24)25-2/h3-7,13,16,18,21-22H,8-10H2,1-2H3/t13-,16+,18?/m1/s1. The summed E-state index contributed by atoms with van der Waals surface area (Å²) in [5, 5.41) is 4.56. The molecular formula is C20H22N2O3. The number of piperidine rings is 1. The van der Waals surface area contributed by atoms with Gasteiger partial charge >= 0.3 is 5.97 Å². The number of ether oxygens (including phenoxy) is 1. The maximum Gasteiger partial charge on any atom is 0.310 e. The van der Waals surface area contributed by atoms with E-state index in [9.17, 15) is 9.59 Å². The predicted molar refractivity (Wildman–Crippen MR) is 95.5 cm³/mol. The summed E-state index contributed by atoms with van der Waals surface area (Å²) in [6.45, 7) is 2.67. The molecule has 0 amide bonds. The molecule has 130 valence electrons. The molecule has 1 saturated heterocycles. The monoisotopic (exact) mass is 338 g/mol. The van der Waals surface area contributed by atoms with Crippen molar-refractivity contribution in [2.75, 3.05) is 13.7 Å². The van der Waals surface area contributed by atoms with E-state index in [0.717, 1.165) is 22.0 Å². The van der Waals surface area contributed by atoms with Gasteiger partial charge in [-0.2, -0.15) is 0 Å². The number of hydrogen-bond donors (Lipinski definition) is 2. The Bertz CT molecular complexity index is 880. The van der Waals surface area contributed by atoms with Crippen LogP contribution >= 0.6 is 0 Å². The van der Waals surface area contributed by atoms with Gasteiger partial charge in [0.1, 0.15) is 0 Å². The van der Waals surface area contributed by atoms with Gasteiger partial charge in [-0.3, -0.25) is 9.59 Å². The number of carbonyl (C=O) groups excluding carboxylic acids is 2. The smallest absolute Gasteiger partial charge is 0.310 e. The minimum atomic E-state index is -0.337. The molecule has 2 aliphatic rings. The minimum Gasteiger partial charge on any atom is -0.469 e. The Morgan fingerprint density at radius 2 is 2.08 bits per heavy atom. The molecule has 2 N–H and O–H groups in total. The number of para-hydroxylation sites is 1. The second kappa shape index (κ2) is 6.15. The highest BCUT2D eigenvalue weighted by molar-refractivity contribution is 6.03. The van der Waals surface area contributed by atoms with Crippen LogP contribution in [0.4, 0.5) is 0 Å². The summed E-state index contributed by atoms with van der Waals surface area (Å²) in [6.07, 6.45) is 2.99. The molecule has 4 rings (SSSR count). The predicted octanol–water partition coefficient (Wildman–Crippen LogP) is 2.62. The second-order valence-electron chi connectivity index (χ2n) is 6.86. The first-order chi connectivity index (χ1) is 12.1. The topological polar surface area (TPSA) is 71.2 Å². The Morgan fingerprint density at radius 3 is 2.84 bits per heavy atom. The van der Waals surface area contributed by atoms with Gasteiger partial charge in [0.25, 0.3) is 0 Å².